The topological polar surface area (TPSA) is 81.8 Å². The van der Waals surface area contributed by atoms with Gasteiger partial charge >= 0.3 is 6.03 Å². The van der Waals surface area contributed by atoms with Crippen molar-refractivity contribution in [2.45, 2.75) is 49.2 Å². The summed E-state index contributed by atoms with van der Waals surface area (Å²) in [4.78, 5) is 14.8. The molecule has 0 aromatic heterocycles. The summed E-state index contributed by atoms with van der Waals surface area (Å²) in [6.45, 7) is 2.54. The van der Waals surface area contributed by atoms with E-state index in [1.807, 2.05) is 18.2 Å². The molecule has 1 saturated carbocycles. The van der Waals surface area contributed by atoms with Gasteiger partial charge in [0.1, 0.15) is 11.6 Å². The number of amides is 2. The van der Waals surface area contributed by atoms with Crippen LogP contribution in [0.25, 0.3) is 0 Å². The first-order valence-corrected chi connectivity index (χ1v) is 14.2. The van der Waals surface area contributed by atoms with Crippen molar-refractivity contribution in [1.29, 1.82) is 0 Å². The van der Waals surface area contributed by atoms with E-state index < -0.39 is 27.7 Å². The molecule has 0 spiro atoms. The molecule has 1 aliphatic carbocycles. The minimum Gasteiger partial charge on any atom is -0.308 e. The number of nitrogens with one attached hydrogen (secondary N) is 2. The van der Waals surface area contributed by atoms with Gasteiger partial charge in [-0.15, -0.1) is 0 Å². The van der Waals surface area contributed by atoms with Gasteiger partial charge in [-0.2, -0.15) is 4.31 Å². The number of carbonyl (C=O) groups excluding carboxylic acids is 1. The largest absolute Gasteiger partial charge is 0.323 e. The number of anilines is 2. The highest BCUT2D eigenvalue weighted by molar-refractivity contribution is 7.89. The molecule has 3 aromatic carbocycles. The number of carbonyl (C=O) groups is 1. The Morgan fingerprint density at radius 1 is 0.868 bits per heavy atom. The molecule has 200 valence electrons. The normalized spacial score (nSPS) is 16.9. The summed E-state index contributed by atoms with van der Waals surface area (Å²) in [7, 11) is -3.72. The zero-order chi connectivity index (χ0) is 26.7. The highest BCUT2D eigenvalue weighted by Crippen LogP contribution is 2.37. The Morgan fingerprint density at radius 3 is 2.16 bits per heavy atom. The fourth-order valence-corrected chi connectivity index (χ4v) is 6.83. The number of nitrogens with zero attached hydrogens (tertiary/aromatic N) is 2. The minimum atomic E-state index is -3.72. The monoisotopic (exact) mass is 540 g/mol. The number of hydrogen-bond acceptors (Lipinski definition) is 4. The van der Waals surface area contributed by atoms with Crippen LogP contribution in [0, 0.1) is 11.6 Å². The van der Waals surface area contributed by atoms with Crippen molar-refractivity contribution in [3.63, 3.8) is 0 Å². The Morgan fingerprint density at radius 2 is 1.53 bits per heavy atom. The molecule has 0 bridgehead atoms. The molecule has 0 unspecified atom stereocenters. The van der Waals surface area contributed by atoms with Crippen molar-refractivity contribution in [3.05, 3.63) is 90.0 Å². The number of benzene rings is 3. The van der Waals surface area contributed by atoms with Gasteiger partial charge in [0.25, 0.3) is 0 Å². The summed E-state index contributed by atoms with van der Waals surface area (Å²) in [5.41, 5.74) is 1.43. The standard InChI is InChI=1S/C28H30F2N4O3S/c29-21-6-13-27(26(30)18-21)32-28(35)31-22-7-11-25(12-8-22)38(36,37)34(23-9-10-23)24-14-16-33(17-15-24)19-20-4-2-1-3-5-20/h1-8,11-13,18,23-24H,9-10,14-17,19H2,(H2,31,32,35). The summed E-state index contributed by atoms with van der Waals surface area (Å²) in [5, 5.41) is 4.85. The van der Waals surface area contributed by atoms with E-state index in [0.717, 1.165) is 57.5 Å². The van der Waals surface area contributed by atoms with Crippen LogP contribution >= 0.6 is 0 Å². The van der Waals surface area contributed by atoms with E-state index in [-0.39, 0.29) is 22.7 Å². The van der Waals surface area contributed by atoms with Crippen LogP contribution < -0.4 is 10.6 Å². The number of likely N-dealkylation sites (tertiary alicyclic amines) is 1. The van der Waals surface area contributed by atoms with Crippen LogP contribution in [-0.2, 0) is 16.6 Å². The number of urea groups is 1. The van der Waals surface area contributed by atoms with Crippen molar-refractivity contribution in [2.75, 3.05) is 23.7 Å². The first-order valence-electron chi connectivity index (χ1n) is 12.7. The summed E-state index contributed by atoms with van der Waals surface area (Å²) in [6.07, 6.45) is 3.29. The molecule has 5 rings (SSSR count). The van der Waals surface area contributed by atoms with E-state index in [0.29, 0.717) is 11.8 Å². The Labute approximate surface area is 221 Å². The average molecular weight is 541 g/mol. The van der Waals surface area contributed by atoms with Gasteiger partial charge in [-0.25, -0.2) is 22.0 Å². The summed E-state index contributed by atoms with van der Waals surface area (Å²) >= 11 is 0. The lowest BCUT2D eigenvalue weighted by Gasteiger charge is -2.38. The quantitative estimate of drug-likeness (QED) is 0.400. The molecular weight excluding hydrogens is 510 g/mol. The lowest BCUT2D eigenvalue weighted by Crippen LogP contribution is -2.48. The fraction of sp³-hybridized carbons (Fsp3) is 0.321. The molecule has 7 nitrogen and oxygen atoms in total. The molecule has 2 N–H and O–H groups in total. The fourth-order valence-electron chi connectivity index (χ4n) is 4.90. The third-order valence-corrected chi connectivity index (χ3v) is 8.96. The third-order valence-electron chi connectivity index (χ3n) is 6.94. The first-order chi connectivity index (χ1) is 18.3. The molecule has 2 aliphatic rings. The van der Waals surface area contributed by atoms with Crippen molar-refractivity contribution >= 4 is 27.4 Å². The maximum absolute atomic E-state index is 13.8. The number of piperidine rings is 1. The summed E-state index contributed by atoms with van der Waals surface area (Å²) < 4.78 is 55.9. The van der Waals surface area contributed by atoms with E-state index >= 15 is 0 Å². The van der Waals surface area contributed by atoms with Gasteiger partial charge in [0.05, 0.1) is 10.6 Å². The van der Waals surface area contributed by atoms with Crippen LogP contribution in [0.2, 0.25) is 0 Å². The summed E-state index contributed by atoms with van der Waals surface area (Å²) in [5.74, 6) is -1.64. The molecule has 1 saturated heterocycles. The van der Waals surface area contributed by atoms with Gasteiger partial charge in [-0.3, -0.25) is 4.90 Å². The molecule has 1 aliphatic heterocycles. The van der Waals surface area contributed by atoms with Gasteiger partial charge in [-0.1, -0.05) is 30.3 Å². The van der Waals surface area contributed by atoms with Gasteiger partial charge in [0.2, 0.25) is 10.0 Å². The molecule has 0 radical (unpaired) electrons. The van der Waals surface area contributed by atoms with Crippen molar-refractivity contribution in [1.82, 2.24) is 9.21 Å². The number of halogens is 2. The second kappa shape index (κ2) is 11.2. The van der Waals surface area contributed by atoms with Crippen LogP contribution in [-0.4, -0.2) is 48.8 Å². The predicted molar refractivity (Wildman–Crippen MR) is 142 cm³/mol. The van der Waals surface area contributed by atoms with E-state index in [2.05, 4.69) is 27.7 Å². The van der Waals surface area contributed by atoms with E-state index in [1.54, 1.807) is 4.31 Å². The van der Waals surface area contributed by atoms with Crippen molar-refractivity contribution in [3.8, 4) is 0 Å². The van der Waals surface area contributed by atoms with Crippen LogP contribution in [0.5, 0.6) is 0 Å². The van der Waals surface area contributed by atoms with Crippen LogP contribution in [0.3, 0.4) is 0 Å². The second-order valence-electron chi connectivity index (χ2n) is 9.79. The van der Waals surface area contributed by atoms with E-state index in [1.165, 1.54) is 29.8 Å². The molecule has 10 heteroatoms. The number of rotatable bonds is 8. The van der Waals surface area contributed by atoms with Crippen LogP contribution in [0.15, 0.2) is 77.7 Å². The summed E-state index contributed by atoms with van der Waals surface area (Å²) in [6, 6.07) is 18.3. The smallest absolute Gasteiger partial charge is 0.308 e. The maximum Gasteiger partial charge on any atom is 0.323 e. The Balaban J connectivity index is 1.21. The average Bonchev–Trinajstić information content (AvgIpc) is 3.73. The third kappa shape index (κ3) is 6.20. The van der Waals surface area contributed by atoms with Crippen molar-refractivity contribution in [2.24, 2.45) is 0 Å². The SMILES string of the molecule is O=C(Nc1ccc(S(=O)(=O)N(C2CC2)C2CCN(Cc3ccccc3)CC2)cc1)Nc1ccc(F)cc1F. The van der Waals surface area contributed by atoms with Gasteiger partial charge in [0.15, 0.2) is 0 Å². The zero-order valence-electron chi connectivity index (χ0n) is 20.8. The maximum atomic E-state index is 13.8. The van der Waals surface area contributed by atoms with Gasteiger partial charge in [-0.05, 0) is 67.6 Å². The van der Waals surface area contributed by atoms with Gasteiger partial charge in [0, 0.05) is 43.5 Å². The molecule has 1 heterocycles. The van der Waals surface area contributed by atoms with Crippen LogP contribution in [0.1, 0.15) is 31.2 Å². The number of sulfonamides is 1. The number of hydrogen-bond donors (Lipinski definition) is 2. The molecule has 0 atom stereocenters. The lowest BCUT2D eigenvalue weighted by atomic mass is 10.0. The molecular formula is C28H30F2N4O3S. The molecule has 2 fully saturated rings. The minimum absolute atomic E-state index is 0.0276. The first kappa shape index (κ1) is 26.3. The molecule has 3 aromatic rings. The Kier molecular flexibility index (Phi) is 7.73. The van der Waals surface area contributed by atoms with E-state index in [4.69, 9.17) is 0 Å². The van der Waals surface area contributed by atoms with Crippen molar-refractivity contribution < 1.29 is 22.0 Å². The molecule has 2 amide bonds. The van der Waals surface area contributed by atoms with Crippen LogP contribution in [0.4, 0.5) is 25.0 Å². The lowest BCUT2D eigenvalue weighted by molar-refractivity contribution is 0.150. The highest BCUT2D eigenvalue weighted by atomic mass is 32.2. The molecule has 38 heavy (non-hydrogen) atoms. The highest BCUT2D eigenvalue weighted by Gasteiger charge is 2.43. The van der Waals surface area contributed by atoms with E-state index in [9.17, 15) is 22.0 Å². The van der Waals surface area contributed by atoms with Gasteiger partial charge < -0.3 is 10.6 Å². The zero-order valence-corrected chi connectivity index (χ0v) is 21.6. The second-order valence-corrected chi connectivity index (χ2v) is 11.6. The predicted octanol–water partition coefficient (Wildman–Crippen LogP) is 5.43. The Hall–Kier alpha value is -3.34. The Bertz CT molecular complexity index is 1370.